The van der Waals surface area contributed by atoms with Gasteiger partial charge in [-0.1, -0.05) is 29.3 Å². The van der Waals surface area contributed by atoms with Crippen LogP contribution in [-0.4, -0.2) is 5.78 Å². The van der Waals surface area contributed by atoms with E-state index in [1.165, 1.54) is 6.07 Å². The predicted octanol–water partition coefficient (Wildman–Crippen LogP) is 4.38. The first-order valence-electron chi connectivity index (χ1n) is 5.48. The molecule has 1 unspecified atom stereocenters. The van der Waals surface area contributed by atoms with Crippen LogP contribution >= 0.6 is 23.2 Å². The average molecular weight is 294 g/mol. The molecule has 96 valence electrons. The maximum atomic E-state index is 12.3. The van der Waals surface area contributed by atoms with Crippen molar-refractivity contribution in [3.05, 3.63) is 57.5 Å². The number of carbonyl (C=O) groups excluding carboxylic acids is 1. The fourth-order valence-corrected chi connectivity index (χ4v) is 2.37. The molecule has 1 aromatic heterocycles. The molecule has 0 fully saturated rings. The molecular weight excluding hydrogens is 285 g/mol. The van der Waals surface area contributed by atoms with Crippen LogP contribution in [0.4, 0.5) is 0 Å². The maximum absolute atomic E-state index is 12.3. The van der Waals surface area contributed by atoms with Gasteiger partial charge in [-0.2, -0.15) is 5.26 Å². The Labute approximate surface area is 120 Å². The number of hydrogen-bond acceptors (Lipinski definition) is 3. The van der Waals surface area contributed by atoms with Crippen molar-refractivity contribution in [3.63, 3.8) is 0 Å². The van der Waals surface area contributed by atoms with Gasteiger partial charge in [-0.15, -0.1) is 0 Å². The highest BCUT2D eigenvalue weighted by molar-refractivity contribution is 6.36. The maximum Gasteiger partial charge on any atom is 0.219 e. The van der Waals surface area contributed by atoms with E-state index >= 15 is 0 Å². The SMILES string of the molecule is Cc1ccc(C(=O)C(C#N)c2c(Cl)cccc2Cl)o1. The van der Waals surface area contributed by atoms with Gasteiger partial charge in [-0.3, -0.25) is 4.79 Å². The molecule has 0 radical (unpaired) electrons. The molecule has 1 atom stereocenters. The molecule has 3 nitrogen and oxygen atoms in total. The van der Waals surface area contributed by atoms with Crippen LogP contribution in [0.15, 0.2) is 34.7 Å². The molecule has 0 N–H and O–H groups in total. The number of furan rings is 1. The Bertz CT molecular complexity index is 650. The zero-order valence-corrected chi connectivity index (χ0v) is 11.5. The molecule has 2 rings (SSSR count). The monoisotopic (exact) mass is 293 g/mol. The lowest BCUT2D eigenvalue weighted by Crippen LogP contribution is -2.11. The summed E-state index contributed by atoms with van der Waals surface area (Å²) in [5.74, 6) is -0.803. The van der Waals surface area contributed by atoms with E-state index in [9.17, 15) is 10.1 Å². The van der Waals surface area contributed by atoms with Crippen molar-refractivity contribution in [2.24, 2.45) is 0 Å². The normalized spacial score (nSPS) is 11.9. The molecule has 0 bridgehead atoms. The summed E-state index contributed by atoms with van der Waals surface area (Å²) in [6.07, 6.45) is 0. The number of benzene rings is 1. The van der Waals surface area contributed by atoms with Crippen molar-refractivity contribution in [1.29, 1.82) is 5.26 Å². The summed E-state index contributed by atoms with van der Waals surface area (Å²) >= 11 is 12.0. The summed E-state index contributed by atoms with van der Waals surface area (Å²) in [5.41, 5.74) is 0.312. The van der Waals surface area contributed by atoms with Gasteiger partial charge in [0.25, 0.3) is 0 Å². The third-order valence-electron chi connectivity index (χ3n) is 2.66. The van der Waals surface area contributed by atoms with Crippen LogP contribution in [-0.2, 0) is 0 Å². The standard InChI is InChI=1S/C14H9Cl2NO2/c1-8-5-6-12(19-8)14(18)9(7-17)13-10(15)3-2-4-11(13)16/h2-6,9H,1H3. The van der Waals surface area contributed by atoms with Gasteiger partial charge in [-0.25, -0.2) is 0 Å². The van der Waals surface area contributed by atoms with Crippen LogP contribution in [0.25, 0.3) is 0 Å². The highest BCUT2D eigenvalue weighted by atomic mass is 35.5. The van der Waals surface area contributed by atoms with Crippen molar-refractivity contribution in [2.45, 2.75) is 12.8 Å². The van der Waals surface area contributed by atoms with Gasteiger partial charge in [0.2, 0.25) is 5.78 Å². The van der Waals surface area contributed by atoms with Gasteiger partial charge in [0.15, 0.2) is 5.76 Å². The largest absolute Gasteiger partial charge is 0.458 e. The number of hydrogen-bond donors (Lipinski definition) is 0. The molecule has 5 heteroatoms. The number of ketones is 1. The number of aryl methyl sites for hydroxylation is 1. The second-order valence-corrected chi connectivity index (χ2v) is 4.79. The first-order chi connectivity index (χ1) is 9.04. The van der Waals surface area contributed by atoms with Crippen molar-refractivity contribution in [1.82, 2.24) is 0 Å². The van der Waals surface area contributed by atoms with E-state index in [1.807, 2.05) is 6.07 Å². The number of halogens is 2. The number of Topliss-reactive ketones (excluding diaryl/α,β-unsaturated/α-hetero) is 1. The highest BCUT2D eigenvalue weighted by Crippen LogP contribution is 2.33. The summed E-state index contributed by atoms with van der Waals surface area (Å²) in [4.78, 5) is 12.3. The van der Waals surface area contributed by atoms with Gasteiger partial charge in [0, 0.05) is 15.6 Å². The molecule has 0 aliphatic rings. The molecule has 2 aromatic rings. The Morgan fingerprint density at radius 1 is 1.26 bits per heavy atom. The quantitative estimate of drug-likeness (QED) is 0.789. The Balaban J connectivity index is 2.47. The van der Waals surface area contributed by atoms with E-state index in [0.29, 0.717) is 11.3 Å². The number of nitrogens with zero attached hydrogens (tertiary/aromatic N) is 1. The highest BCUT2D eigenvalue weighted by Gasteiger charge is 2.28. The summed E-state index contributed by atoms with van der Waals surface area (Å²) in [7, 11) is 0. The second kappa shape index (κ2) is 5.48. The average Bonchev–Trinajstić information content (AvgIpc) is 2.80. The lowest BCUT2D eigenvalue weighted by Gasteiger charge is -2.10. The minimum atomic E-state index is -1.08. The van der Waals surface area contributed by atoms with Crippen molar-refractivity contribution in [3.8, 4) is 6.07 Å². The lowest BCUT2D eigenvalue weighted by molar-refractivity contribution is 0.0950. The number of carbonyl (C=O) groups is 1. The van der Waals surface area contributed by atoms with Crippen molar-refractivity contribution < 1.29 is 9.21 Å². The van der Waals surface area contributed by atoms with Crippen molar-refractivity contribution >= 4 is 29.0 Å². The molecule has 1 heterocycles. The van der Waals surface area contributed by atoms with Crippen LogP contribution in [0, 0.1) is 18.3 Å². The first kappa shape index (κ1) is 13.7. The van der Waals surface area contributed by atoms with Gasteiger partial charge in [0.05, 0.1) is 6.07 Å². The summed E-state index contributed by atoms with van der Waals surface area (Å²) < 4.78 is 5.24. The minimum Gasteiger partial charge on any atom is -0.458 e. The van der Waals surface area contributed by atoms with E-state index in [1.54, 1.807) is 31.2 Å². The Hall–Kier alpha value is -1.76. The fourth-order valence-electron chi connectivity index (χ4n) is 1.75. The molecule has 0 saturated carbocycles. The van der Waals surface area contributed by atoms with Crippen LogP contribution in [0.5, 0.6) is 0 Å². The molecular formula is C14H9Cl2NO2. The van der Waals surface area contributed by atoms with E-state index in [-0.39, 0.29) is 15.8 Å². The molecule has 19 heavy (non-hydrogen) atoms. The Kier molecular flexibility index (Phi) is 3.94. The van der Waals surface area contributed by atoms with Gasteiger partial charge in [-0.05, 0) is 31.2 Å². The van der Waals surface area contributed by atoms with Gasteiger partial charge >= 0.3 is 0 Å². The first-order valence-corrected chi connectivity index (χ1v) is 6.24. The molecule has 0 spiro atoms. The van der Waals surface area contributed by atoms with Crippen LogP contribution in [0.2, 0.25) is 10.0 Å². The van der Waals surface area contributed by atoms with E-state index < -0.39 is 11.7 Å². The van der Waals surface area contributed by atoms with Crippen LogP contribution in [0.1, 0.15) is 27.8 Å². The number of rotatable bonds is 3. The molecule has 0 saturated heterocycles. The van der Waals surface area contributed by atoms with E-state index in [0.717, 1.165) is 0 Å². The van der Waals surface area contributed by atoms with Crippen LogP contribution < -0.4 is 0 Å². The Morgan fingerprint density at radius 2 is 1.89 bits per heavy atom. The molecule has 0 aliphatic heterocycles. The summed E-state index contributed by atoms with van der Waals surface area (Å²) in [5, 5.41) is 9.81. The van der Waals surface area contributed by atoms with Crippen molar-refractivity contribution in [2.75, 3.05) is 0 Å². The zero-order chi connectivity index (χ0) is 14.0. The second-order valence-electron chi connectivity index (χ2n) is 3.97. The zero-order valence-electron chi connectivity index (χ0n) is 9.98. The summed E-state index contributed by atoms with van der Waals surface area (Å²) in [6.45, 7) is 1.72. The molecule has 0 aliphatic carbocycles. The predicted molar refractivity (Wildman–Crippen MR) is 72.6 cm³/mol. The smallest absolute Gasteiger partial charge is 0.219 e. The third-order valence-corrected chi connectivity index (χ3v) is 3.32. The molecule has 0 amide bonds. The fraction of sp³-hybridized carbons (Fsp3) is 0.143. The van der Waals surface area contributed by atoms with E-state index in [2.05, 4.69) is 0 Å². The summed E-state index contributed by atoms with van der Waals surface area (Å²) in [6, 6.07) is 9.97. The topological polar surface area (TPSA) is 54.0 Å². The number of nitriles is 1. The minimum absolute atomic E-state index is 0.125. The lowest BCUT2D eigenvalue weighted by atomic mass is 9.94. The van der Waals surface area contributed by atoms with Gasteiger partial charge < -0.3 is 4.42 Å². The van der Waals surface area contributed by atoms with Gasteiger partial charge in [0.1, 0.15) is 11.7 Å². The van der Waals surface area contributed by atoms with E-state index in [4.69, 9.17) is 27.6 Å². The third kappa shape index (κ3) is 2.65. The molecule has 1 aromatic carbocycles. The van der Waals surface area contributed by atoms with Crippen LogP contribution in [0.3, 0.4) is 0 Å². The Morgan fingerprint density at radius 3 is 2.37 bits per heavy atom.